The number of imidazole rings is 1. The number of hydrogen-bond acceptors (Lipinski definition) is 6. The molecule has 0 amide bonds. The van der Waals surface area contributed by atoms with Gasteiger partial charge in [0.05, 0.1) is 34.2 Å². The third-order valence-corrected chi connectivity index (χ3v) is 7.77. The molecule has 0 radical (unpaired) electrons. The standard InChI is InChI=1S/C16H32N4O2.C9H22N2O3/c1-4-15(21)13-20(3)9-7-18(8-10-20)11-16(22)12-19-6-5-17(2)14-19;1-3-9(12)8-11(14)6-4-10(2,13)5-7-11/h5-6,14-16,21-22H,4,7-13H2,1-3H3;9,12-14H,3-8H2,1-2H3/q2*+2. The maximum Gasteiger partial charge on any atom is 0.243 e. The number of hydrogen-bond donors (Lipinski definition) is 5. The van der Waals surface area contributed by atoms with E-state index in [0.29, 0.717) is 45.7 Å². The summed E-state index contributed by atoms with van der Waals surface area (Å²) in [5.41, 5.74) is 0. The van der Waals surface area contributed by atoms with Crippen molar-refractivity contribution in [1.29, 1.82) is 0 Å². The average molecular weight is 519 g/mol. The highest BCUT2D eigenvalue weighted by atomic mass is 16.6. The highest BCUT2D eigenvalue weighted by Crippen LogP contribution is 2.15. The predicted molar refractivity (Wildman–Crippen MR) is 136 cm³/mol. The van der Waals surface area contributed by atoms with E-state index < -0.39 is 6.10 Å². The number of rotatable bonds is 10. The number of piperazine rings is 2. The molecular formula is C25H54N6O5+4. The van der Waals surface area contributed by atoms with Crippen LogP contribution in [-0.2, 0) is 13.6 Å². The van der Waals surface area contributed by atoms with Crippen molar-refractivity contribution in [2.24, 2.45) is 7.05 Å². The molecular weight excluding hydrogens is 464 g/mol. The largest absolute Gasteiger partial charge is 0.388 e. The van der Waals surface area contributed by atoms with Gasteiger partial charge in [-0.15, -0.1) is 0 Å². The van der Waals surface area contributed by atoms with Crippen LogP contribution < -0.4 is 4.57 Å². The minimum Gasteiger partial charge on any atom is -0.388 e. The van der Waals surface area contributed by atoms with Crippen molar-refractivity contribution in [2.45, 2.75) is 51.5 Å². The van der Waals surface area contributed by atoms with E-state index in [2.05, 4.69) is 11.9 Å². The highest BCUT2D eigenvalue weighted by Gasteiger charge is 2.40. The van der Waals surface area contributed by atoms with E-state index >= 15 is 0 Å². The minimum atomic E-state index is -0.449. The van der Waals surface area contributed by atoms with Crippen LogP contribution in [0.2, 0.25) is 0 Å². The summed E-state index contributed by atoms with van der Waals surface area (Å²) in [6, 6.07) is 0. The number of quaternary nitrogens is 3. The van der Waals surface area contributed by atoms with Crippen LogP contribution in [0.4, 0.5) is 0 Å². The zero-order valence-corrected chi connectivity index (χ0v) is 23.3. The first-order chi connectivity index (χ1) is 16.8. The van der Waals surface area contributed by atoms with Gasteiger partial charge in [0.1, 0.15) is 50.3 Å². The van der Waals surface area contributed by atoms with E-state index in [1.807, 2.05) is 48.8 Å². The van der Waals surface area contributed by atoms with E-state index in [1.165, 1.54) is 0 Å². The van der Waals surface area contributed by atoms with Crippen molar-refractivity contribution >= 4 is 0 Å². The van der Waals surface area contributed by atoms with Crippen LogP contribution in [0.1, 0.15) is 26.7 Å². The number of β-amino-alcohol motifs (C(OH)–C–C–N with tert-alkyl or cyclic N) is 1. The normalized spacial score (nSPS) is 29.2. The van der Waals surface area contributed by atoms with Crippen molar-refractivity contribution in [1.82, 2.24) is 9.47 Å². The van der Waals surface area contributed by atoms with Crippen LogP contribution in [0.25, 0.3) is 0 Å². The van der Waals surface area contributed by atoms with Crippen LogP contribution in [0.3, 0.4) is 0 Å². The molecule has 2 fully saturated rings. The number of aromatic nitrogens is 2. The molecule has 1 aromatic heterocycles. The van der Waals surface area contributed by atoms with E-state index in [4.69, 9.17) is 0 Å². The molecule has 2 saturated heterocycles. The third-order valence-electron chi connectivity index (χ3n) is 7.77. The fourth-order valence-electron chi connectivity index (χ4n) is 4.93. The fourth-order valence-corrected chi connectivity index (χ4v) is 4.93. The number of nitrogens with zero attached hydrogens (tertiary/aromatic N) is 6. The molecule has 210 valence electrons. The summed E-state index contributed by atoms with van der Waals surface area (Å²) in [6.45, 7) is 12.6. The summed E-state index contributed by atoms with van der Waals surface area (Å²) in [5, 5.41) is 49.3. The predicted octanol–water partition coefficient (Wildman–Crippen LogP) is -0.981. The van der Waals surface area contributed by atoms with Gasteiger partial charge in [-0.05, 0) is 12.8 Å². The van der Waals surface area contributed by atoms with Gasteiger partial charge >= 0.3 is 0 Å². The summed E-state index contributed by atoms with van der Waals surface area (Å²) < 4.78 is 4.81. The van der Waals surface area contributed by atoms with Crippen molar-refractivity contribution in [2.75, 3.05) is 86.1 Å². The molecule has 0 spiro atoms. The summed E-state index contributed by atoms with van der Waals surface area (Å²) in [6.07, 6.45) is 6.45. The minimum absolute atomic E-state index is 0.0250. The number of hydroxylamine groups is 6. The van der Waals surface area contributed by atoms with Crippen molar-refractivity contribution in [3.8, 4) is 0 Å². The topological polar surface area (TPSA) is 113 Å². The summed E-state index contributed by atoms with van der Waals surface area (Å²) in [7, 11) is 5.95. The molecule has 3 atom stereocenters. The lowest BCUT2D eigenvalue weighted by molar-refractivity contribution is -1.18. The van der Waals surface area contributed by atoms with Crippen LogP contribution in [0, 0.1) is 0 Å². The molecule has 3 heterocycles. The summed E-state index contributed by atoms with van der Waals surface area (Å²) >= 11 is 0. The Hall–Kier alpha value is -1.15. The lowest BCUT2D eigenvalue weighted by Crippen LogP contribution is -2.64. The Balaban J connectivity index is 0.000000281. The number of aliphatic hydroxyl groups is 3. The first-order valence-corrected chi connectivity index (χ1v) is 13.5. The van der Waals surface area contributed by atoms with E-state index in [-0.39, 0.29) is 21.5 Å². The molecule has 0 bridgehead atoms. The molecule has 0 aromatic carbocycles. The van der Waals surface area contributed by atoms with Gasteiger partial charge < -0.3 is 19.8 Å². The lowest BCUT2D eigenvalue weighted by Gasteiger charge is -2.43. The Bertz CT molecular complexity index is 758. The maximum absolute atomic E-state index is 10.3. The maximum atomic E-state index is 10.3. The zero-order chi connectivity index (χ0) is 27.0. The van der Waals surface area contributed by atoms with Gasteiger partial charge in [-0.1, -0.05) is 13.8 Å². The van der Waals surface area contributed by atoms with Gasteiger partial charge in [-0.3, -0.25) is 4.90 Å². The van der Waals surface area contributed by atoms with Crippen molar-refractivity contribution in [3.05, 3.63) is 18.7 Å². The van der Waals surface area contributed by atoms with Gasteiger partial charge in [0.25, 0.3) is 0 Å². The molecule has 3 unspecified atom stereocenters. The Morgan fingerprint density at radius 3 is 1.86 bits per heavy atom. The molecule has 11 heteroatoms. The highest BCUT2D eigenvalue weighted by molar-refractivity contribution is 4.73. The monoisotopic (exact) mass is 518 g/mol. The first-order valence-electron chi connectivity index (χ1n) is 13.5. The van der Waals surface area contributed by atoms with Gasteiger partial charge in [0, 0.05) is 19.6 Å². The number of likely N-dealkylation sites (N-methyl/N-ethyl adjacent to an activating group) is 2. The van der Waals surface area contributed by atoms with Crippen LogP contribution in [-0.4, -0.2) is 153 Å². The van der Waals surface area contributed by atoms with Gasteiger partial charge in [0.15, 0.2) is 26.2 Å². The van der Waals surface area contributed by atoms with Crippen LogP contribution >= 0.6 is 0 Å². The third kappa shape index (κ3) is 10.7. The second kappa shape index (κ2) is 13.6. The molecule has 5 N–H and O–H groups in total. The van der Waals surface area contributed by atoms with Crippen LogP contribution in [0.5, 0.6) is 0 Å². The summed E-state index contributed by atoms with van der Waals surface area (Å²) in [5.74, 6) is 0. The molecule has 0 aliphatic carbocycles. The van der Waals surface area contributed by atoms with Gasteiger partial charge in [-0.2, -0.15) is 9.29 Å². The average Bonchev–Trinajstić information content (AvgIpc) is 3.22. The fraction of sp³-hybridized carbons (Fsp3) is 0.880. The molecule has 11 nitrogen and oxygen atoms in total. The molecule has 3 rings (SSSR count). The Morgan fingerprint density at radius 2 is 1.36 bits per heavy atom. The van der Waals surface area contributed by atoms with Gasteiger partial charge in [-0.25, -0.2) is 19.5 Å². The summed E-state index contributed by atoms with van der Waals surface area (Å²) in [4.78, 5) is 2.34. The Morgan fingerprint density at radius 1 is 0.806 bits per heavy atom. The van der Waals surface area contributed by atoms with Crippen molar-refractivity contribution in [3.63, 3.8) is 0 Å². The zero-order valence-electron chi connectivity index (χ0n) is 23.3. The Labute approximate surface area is 217 Å². The first kappa shape index (κ1) is 31.1. The SMILES string of the molecule is CCC(O)C[N+]1(C)CCN(CC(O)Cn2cc[n+](C)c2)CC1.CCC(O)C[N+]1(O)CC[N+](C)(O)CC1. The van der Waals surface area contributed by atoms with E-state index in [0.717, 1.165) is 50.2 Å². The smallest absolute Gasteiger partial charge is 0.243 e. The second-order valence-electron chi connectivity index (χ2n) is 11.6. The molecule has 0 saturated carbocycles. The second-order valence-corrected chi connectivity index (χ2v) is 11.6. The molecule has 2 aliphatic rings. The van der Waals surface area contributed by atoms with E-state index in [9.17, 15) is 25.7 Å². The van der Waals surface area contributed by atoms with Crippen molar-refractivity contribution < 1.29 is 44.1 Å². The number of aryl methyl sites for hydroxylation is 1. The number of aliphatic hydroxyl groups excluding tert-OH is 3. The molecule has 1 aromatic rings. The quantitative estimate of drug-likeness (QED) is 0.201. The Kier molecular flexibility index (Phi) is 11.7. The van der Waals surface area contributed by atoms with E-state index in [1.54, 1.807) is 7.05 Å². The van der Waals surface area contributed by atoms with Gasteiger partial charge in [0.2, 0.25) is 6.33 Å². The molecule has 36 heavy (non-hydrogen) atoms. The lowest BCUT2D eigenvalue weighted by atomic mass is 10.2. The van der Waals surface area contributed by atoms with Crippen LogP contribution in [0.15, 0.2) is 18.7 Å². The molecule has 2 aliphatic heterocycles.